The van der Waals surface area contributed by atoms with Crippen LogP contribution < -0.4 is 10.2 Å². The number of amides is 1. The molecule has 0 bridgehead atoms. The summed E-state index contributed by atoms with van der Waals surface area (Å²) in [7, 11) is 0. The highest BCUT2D eigenvalue weighted by molar-refractivity contribution is 6.33. The van der Waals surface area contributed by atoms with Gasteiger partial charge in [0.05, 0.1) is 21.2 Å². The van der Waals surface area contributed by atoms with Crippen LogP contribution in [0.5, 0.6) is 0 Å². The SMILES string of the molecule is Cc1ccc(-c2ccc(C(=O)Nc3ccc(N4CCN(Cc5ccccc5Cl)CC4)c(Cl)c3)o2)c([N+](=O)[O-])c1. The number of benzene rings is 3. The Morgan fingerprint density at radius 1 is 0.974 bits per heavy atom. The number of hydrogen-bond donors (Lipinski definition) is 1. The molecule has 0 atom stereocenters. The minimum absolute atomic E-state index is 0.0368. The summed E-state index contributed by atoms with van der Waals surface area (Å²) in [6.45, 7) is 5.96. The summed E-state index contributed by atoms with van der Waals surface area (Å²) in [5.41, 5.74) is 3.53. The summed E-state index contributed by atoms with van der Waals surface area (Å²) in [6, 6.07) is 21.2. The van der Waals surface area contributed by atoms with Crippen LogP contribution in [0.3, 0.4) is 0 Å². The number of rotatable bonds is 7. The molecule has 0 radical (unpaired) electrons. The van der Waals surface area contributed by atoms with Crippen molar-refractivity contribution >= 4 is 46.2 Å². The van der Waals surface area contributed by atoms with Crippen LogP contribution in [0.1, 0.15) is 21.7 Å². The summed E-state index contributed by atoms with van der Waals surface area (Å²) in [5, 5.41) is 15.6. The second-order valence-electron chi connectivity index (χ2n) is 9.42. The summed E-state index contributed by atoms with van der Waals surface area (Å²) in [5.74, 6) is -0.198. The molecule has 39 heavy (non-hydrogen) atoms. The number of carbonyl (C=O) groups excluding carboxylic acids is 1. The average molecular weight is 565 g/mol. The first-order valence-electron chi connectivity index (χ1n) is 12.5. The highest BCUT2D eigenvalue weighted by Gasteiger charge is 2.22. The van der Waals surface area contributed by atoms with E-state index in [1.807, 2.05) is 24.3 Å². The number of nitro groups is 1. The van der Waals surface area contributed by atoms with Gasteiger partial charge in [-0.2, -0.15) is 0 Å². The van der Waals surface area contributed by atoms with E-state index in [1.165, 1.54) is 12.1 Å². The van der Waals surface area contributed by atoms with E-state index in [0.29, 0.717) is 16.3 Å². The van der Waals surface area contributed by atoms with E-state index in [-0.39, 0.29) is 17.2 Å². The number of piperazine rings is 1. The van der Waals surface area contributed by atoms with Crippen molar-refractivity contribution in [1.29, 1.82) is 0 Å². The first-order chi connectivity index (χ1) is 18.8. The number of hydrogen-bond acceptors (Lipinski definition) is 6. The molecule has 1 amide bonds. The van der Waals surface area contributed by atoms with Gasteiger partial charge >= 0.3 is 0 Å². The fourth-order valence-corrected chi connectivity index (χ4v) is 5.15. The number of nitro benzene ring substituents is 1. The van der Waals surface area contributed by atoms with Gasteiger partial charge in [-0.05, 0) is 60.5 Å². The molecular formula is C29H26Cl2N4O4. The topological polar surface area (TPSA) is 91.9 Å². The first kappa shape index (κ1) is 26.7. The van der Waals surface area contributed by atoms with Crippen molar-refractivity contribution < 1.29 is 14.1 Å². The van der Waals surface area contributed by atoms with Gasteiger partial charge in [0.2, 0.25) is 0 Å². The number of nitrogens with zero attached hydrogens (tertiary/aromatic N) is 3. The highest BCUT2D eigenvalue weighted by atomic mass is 35.5. The zero-order valence-electron chi connectivity index (χ0n) is 21.2. The van der Waals surface area contributed by atoms with Gasteiger partial charge in [0.1, 0.15) is 5.76 Å². The van der Waals surface area contributed by atoms with E-state index in [9.17, 15) is 14.9 Å². The molecule has 1 N–H and O–H groups in total. The van der Waals surface area contributed by atoms with Gasteiger partial charge in [-0.1, -0.05) is 47.5 Å². The molecule has 3 aromatic carbocycles. The second-order valence-corrected chi connectivity index (χ2v) is 10.2. The maximum atomic E-state index is 12.8. The van der Waals surface area contributed by atoms with Crippen molar-refractivity contribution in [2.24, 2.45) is 0 Å². The molecule has 0 saturated carbocycles. The minimum atomic E-state index is -0.479. The molecule has 8 nitrogen and oxygen atoms in total. The van der Waals surface area contributed by atoms with Crippen molar-refractivity contribution in [3.8, 4) is 11.3 Å². The number of aryl methyl sites for hydroxylation is 1. The lowest BCUT2D eigenvalue weighted by atomic mass is 10.1. The predicted octanol–water partition coefficient (Wildman–Crippen LogP) is 7.04. The van der Waals surface area contributed by atoms with E-state index in [4.69, 9.17) is 27.6 Å². The lowest BCUT2D eigenvalue weighted by molar-refractivity contribution is -0.384. The Labute approximate surface area is 235 Å². The zero-order chi connectivity index (χ0) is 27.5. The van der Waals surface area contributed by atoms with Crippen LogP contribution in [-0.2, 0) is 6.54 Å². The van der Waals surface area contributed by atoms with Crippen molar-refractivity contribution in [2.75, 3.05) is 36.4 Å². The number of furan rings is 1. The maximum absolute atomic E-state index is 12.8. The number of carbonyl (C=O) groups is 1. The molecular weight excluding hydrogens is 539 g/mol. The maximum Gasteiger partial charge on any atom is 0.291 e. The Morgan fingerprint density at radius 2 is 1.74 bits per heavy atom. The van der Waals surface area contributed by atoms with Gasteiger partial charge in [0, 0.05) is 49.5 Å². The lowest BCUT2D eigenvalue weighted by Gasteiger charge is -2.36. The monoisotopic (exact) mass is 564 g/mol. The van der Waals surface area contributed by atoms with Crippen LogP contribution in [0.2, 0.25) is 10.0 Å². The normalized spacial score (nSPS) is 13.9. The third-order valence-electron chi connectivity index (χ3n) is 6.72. The largest absolute Gasteiger partial charge is 0.451 e. The molecule has 10 heteroatoms. The third-order valence-corrected chi connectivity index (χ3v) is 7.39. The zero-order valence-corrected chi connectivity index (χ0v) is 22.7. The molecule has 4 aromatic rings. The summed E-state index contributed by atoms with van der Waals surface area (Å²) in [4.78, 5) is 28.4. The van der Waals surface area contributed by atoms with E-state index >= 15 is 0 Å². The first-order valence-corrected chi connectivity index (χ1v) is 13.2. The lowest BCUT2D eigenvalue weighted by Crippen LogP contribution is -2.46. The number of anilines is 2. The second kappa shape index (κ2) is 11.5. The molecule has 1 aliphatic rings. The van der Waals surface area contributed by atoms with E-state index in [1.54, 1.807) is 37.3 Å². The molecule has 1 aliphatic heterocycles. The molecule has 0 spiro atoms. The van der Waals surface area contributed by atoms with E-state index < -0.39 is 10.8 Å². The van der Waals surface area contributed by atoms with Crippen LogP contribution in [0.15, 0.2) is 77.2 Å². The van der Waals surface area contributed by atoms with Crippen LogP contribution in [-0.4, -0.2) is 41.9 Å². The Bertz CT molecular complexity index is 1530. The van der Waals surface area contributed by atoms with E-state index in [0.717, 1.165) is 54.6 Å². The summed E-state index contributed by atoms with van der Waals surface area (Å²) >= 11 is 12.9. The standard InChI is InChI=1S/C29H26Cl2N4O4/c1-19-6-8-22(26(16-19)35(37)38)27-10-11-28(39-27)29(36)32-21-7-9-25(24(31)17-21)34-14-12-33(13-15-34)18-20-4-2-3-5-23(20)30/h2-11,16-17H,12-15,18H2,1H3,(H,32,36). The van der Waals surface area contributed by atoms with Gasteiger partial charge < -0.3 is 14.6 Å². The summed E-state index contributed by atoms with van der Waals surface area (Å²) < 4.78 is 5.67. The Morgan fingerprint density at radius 3 is 2.46 bits per heavy atom. The molecule has 0 unspecified atom stereocenters. The Hall–Kier alpha value is -3.85. The van der Waals surface area contributed by atoms with Gasteiger partial charge in [0.15, 0.2) is 5.76 Å². The molecule has 1 fully saturated rings. The van der Waals surface area contributed by atoms with Crippen LogP contribution in [0.4, 0.5) is 17.1 Å². The molecule has 5 rings (SSSR count). The van der Waals surface area contributed by atoms with Gasteiger partial charge in [0.25, 0.3) is 11.6 Å². The Balaban J connectivity index is 1.22. The van der Waals surface area contributed by atoms with Gasteiger partial charge in [-0.15, -0.1) is 0 Å². The molecule has 1 aromatic heterocycles. The van der Waals surface area contributed by atoms with E-state index in [2.05, 4.69) is 21.2 Å². The fraction of sp³-hybridized carbons (Fsp3) is 0.207. The predicted molar refractivity (Wildman–Crippen MR) is 154 cm³/mol. The third kappa shape index (κ3) is 6.09. The average Bonchev–Trinajstić information content (AvgIpc) is 3.41. The summed E-state index contributed by atoms with van der Waals surface area (Å²) in [6.07, 6.45) is 0. The van der Waals surface area contributed by atoms with Crippen molar-refractivity contribution in [3.63, 3.8) is 0 Å². The number of halogens is 2. The Kier molecular flexibility index (Phi) is 7.88. The van der Waals surface area contributed by atoms with Crippen molar-refractivity contribution in [1.82, 2.24) is 4.90 Å². The van der Waals surface area contributed by atoms with Crippen molar-refractivity contribution in [2.45, 2.75) is 13.5 Å². The smallest absolute Gasteiger partial charge is 0.291 e. The van der Waals surface area contributed by atoms with Gasteiger partial charge in [-0.25, -0.2) is 0 Å². The quantitative estimate of drug-likeness (QED) is 0.191. The van der Waals surface area contributed by atoms with Crippen LogP contribution in [0, 0.1) is 17.0 Å². The van der Waals surface area contributed by atoms with Crippen molar-refractivity contribution in [3.05, 3.63) is 110 Å². The molecule has 2 heterocycles. The number of nitrogens with one attached hydrogen (secondary N) is 1. The fourth-order valence-electron chi connectivity index (χ4n) is 4.65. The minimum Gasteiger partial charge on any atom is -0.451 e. The van der Waals surface area contributed by atoms with Crippen LogP contribution in [0.25, 0.3) is 11.3 Å². The molecule has 0 aliphatic carbocycles. The van der Waals surface area contributed by atoms with Crippen LogP contribution >= 0.6 is 23.2 Å². The molecule has 1 saturated heterocycles. The van der Waals surface area contributed by atoms with Gasteiger partial charge in [-0.3, -0.25) is 19.8 Å². The molecule has 200 valence electrons. The highest BCUT2D eigenvalue weighted by Crippen LogP contribution is 2.33.